The van der Waals surface area contributed by atoms with Crippen LogP contribution in [0, 0.1) is 6.92 Å². The first-order chi connectivity index (χ1) is 15.9. The van der Waals surface area contributed by atoms with Crippen molar-refractivity contribution in [3.63, 3.8) is 0 Å². The Bertz CT molecular complexity index is 1240. The van der Waals surface area contributed by atoms with Crippen molar-refractivity contribution >= 4 is 28.9 Å². The van der Waals surface area contributed by atoms with E-state index in [9.17, 15) is 0 Å². The van der Waals surface area contributed by atoms with Crippen LogP contribution in [0.2, 0.25) is 10.0 Å². The summed E-state index contributed by atoms with van der Waals surface area (Å²) in [6, 6.07) is 19.8. The number of hydrogen-bond donors (Lipinski definition) is 1. The second-order valence-corrected chi connectivity index (χ2v) is 9.03. The van der Waals surface area contributed by atoms with Gasteiger partial charge in [-0.25, -0.2) is 0 Å². The molecule has 33 heavy (non-hydrogen) atoms. The largest absolute Gasteiger partial charge is 0.489 e. The smallest absolute Gasteiger partial charge is 0.146 e. The van der Waals surface area contributed by atoms with E-state index >= 15 is 0 Å². The summed E-state index contributed by atoms with van der Waals surface area (Å²) in [6.45, 7) is 6.49. The quantitative estimate of drug-likeness (QED) is 0.288. The van der Waals surface area contributed by atoms with E-state index < -0.39 is 0 Å². The molecule has 1 N–H and O–H groups in total. The highest BCUT2D eigenvalue weighted by Gasteiger charge is 2.23. The Morgan fingerprint density at radius 1 is 0.970 bits per heavy atom. The lowest BCUT2D eigenvalue weighted by molar-refractivity contribution is 0.298. The van der Waals surface area contributed by atoms with Crippen molar-refractivity contribution in [2.75, 3.05) is 12.4 Å². The number of hydrogen-bond acceptors (Lipinski definition) is 4. The third-order valence-corrected chi connectivity index (χ3v) is 6.25. The summed E-state index contributed by atoms with van der Waals surface area (Å²) in [6.07, 6.45) is 0. The molecule has 1 heterocycles. The topological polar surface area (TPSA) is 47.3 Å². The zero-order valence-corrected chi connectivity index (χ0v) is 20.6. The number of nitrogens with one attached hydrogen (secondary N) is 1. The third-order valence-electron chi connectivity index (χ3n) is 5.62. The van der Waals surface area contributed by atoms with Crippen LogP contribution < -0.4 is 10.1 Å². The van der Waals surface area contributed by atoms with Crippen molar-refractivity contribution < 1.29 is 9.26 Å². The van der Waals surface area contributed by atoms with Crippen LogP contribution in [0.25, 0.3) is 22.4 Å². The number of aryl methyl sites for hydroxylation is 1. The fraction of sp³-hybridized carbons (Fsp3) is 0.222. The van der Waals surface area contributed by atoms with Gasteiger partial charge in [-0.1, -0.05) is 72.5 Å². The van der Waals surface area contributed by atoms with E-state index in [2.05, 4.69) is 61.6 Å². The molecular weight excluding hydrogens is 455 g/mol. The highest BCUT2D eigenvalue weighted by atomic mass is 35.5. The van der Waals surface area contributed by atoms with E-state index in [0.717, 1.165) is 33.9 Å². The van der Waals surface area contributed by atoms with Gasteiger partial charge in [0.15, 0.2) is 0 Å². The van der Waals surface area contributed by atoms with Crippen LogP contribution >= 0.6 is 23.2 Å². The van der Waals surface area contributed by atoms with Gasteiger partial charge in [-0.3, -0.25) is 0 Å². The maximum Gasteiger partial charge on any atom is 0.146 e. The summed E-state index contributed by atoms with van der Waals surface area (Å²) in [5.41, 5.74) is 6.72. The average Bonchev–Trinajstić information content (AvgIpc) is 3.22. The molecule has 6 heteroatoms. The summed E-state index contributed by atoms with van der Waals surface area (Å²) >= 11 is 12.9. The molecule has 0 atom stereocenters. The Kier molecular flexibility index (Phi) is 6.96. The van der Waals surface area contributed by atoms with E-state index in [1.165, 1.54) is 5.56 Å². The van der Waals surface area contributed by atoms with Gasteiger partial charge in [0, 0.05) is 24.2 Å². The summed E-state index contributed by atoms with van der Waals surface area (Å²) < 4.78 is 11.8. The fourth-order valence-corrected chi connectivity index (χ4v) is 4.38. The molecule has 0 aliphatic carbocycles. The van der Waals surface area contributed by atoms with Gasteiger partial charge in [0.2, 0.25) is 0 Å². The van der Waals surface area contributed by atoms with Gasteiger partial charge in [-0.2, -0.15) is 0 Å². The van der Waals surface area contributed by atoms with Crippen LogP contribution in [0.4, 0.5) is 5.69 Å². The van der Waals surface area contributed by atoms with Crippen molar-refractivity contribution in [2.24, 2.45) is 0 Å². The predicted molar refractivity (Wildman–Crippen MR) is 137 cm³/mol. The number of nitrogens with zero attached hydrogens (tertiary/aromatic N) is 1. The molecule has 0 fully saturated rings. The van der Waals surface area contributed by atoms with Crippen LogP contribution in [0.15, 0.2) is 65.2 Å². The minimum atomic E-state index is 0.136. The average molecular weight is 481 g/mol. The molecule has 0 radical (unpaired) electrons. The Balaban J connectivity index is 1.59. The molecule has 0 amide bonds. The van der Waals surface area contributed by atoms with Crippen LogP contribution in [0.3, 0.4) is 0 Å². The normalized spacial score (nSPS) is 11.1. The fourth-order valence-electron chi connectivity index (χ4n) is 3.81. The van der Waals surface area contributed by atoms with E-state index in [-0.39, 0.29) is 5.92 Å². The molecule has 4 nitrogen and oxygen atoms in total. The Labute approximate surface area is 204 Å². The third kappa shape index (κ3) is 4.87. The second kappa shape index (κ2) is 9.90. The van der Waals surface area contributed by atoms with Crippen molar-refractivity contribution in [2.45, 2.75) is 33.3 Å². The highest BCUT2D eigenvalue weighted by molar-refractivity contribution is 6.39. The number of ether oxygens (including phenoxy) is 1. The lowest BCUT2D eigenvalue weighted by Gasteiger charge is -2.12. The molecule has 1 aromatic heterocycles. The van der Waals surface area contributed by atoms with E-state index in [1.54, 1.807) is 12.1 Å². The van der Waals surface area contributed by atoms with Crippen LogP contribution in [-0.4, -0.2) is 12.2 Å². The van der Waals surface area contributed by atoms with Gasteiger partial charge in [0.05, 0.1) is 15.6 Å². The van der Waals surface area contributed by atoms with E-state index in [1.807, 2.05) is 25.2 Å². The van der Waals surface area contributed by atoms with Gasteiger partial charge in [0.1, 0.15) is 23.8 Å². The van der Waals surface area contributed by atoms with Crippen molar-refractivity contribution in [1.82, 2.24) is 5.16 Å². The minimum absolute atomic E-state index is 0.136. The Morgan fingerprint density at radius 2 is 1.64 bits per heavy atom. The molecule has 4 aromatic rings. The molecule has 4 rings (SSSR count). The Hall–Kier alpha value is -2.95. The number of aromatic nitrogens is 1. The molecule has 0 saturated carbocycles. The van der Waals surface area contributed by atoms with Crippen molar-refractivity contribution in [3.8, 4) is 28.1 Å². The maximum atomic E-state index is 6.44. The molecular formula is C27H26Cl2N2O2. The first-order valence-corrected chi connectivity index (χ1v) is 11.6. The monoisotopic (exact) mass is 480 g/mol. The molecule has 0 unspecified atom stereocenters. The van der Waals surface area contributed by atoms with Crippen LogP contribution in [-0.2, 0) is 6.61 Å². The summed E-state index contributed by atoms with van der Waals surface area (Å²) in [7, 11) is 1.93. The second-order valence-electron chi connectivity index (χ2n) is 8.22. The van der Waals surface area contributed by atoms with E-state index in [0.29, 0.717) is 27.9 Å². The summed E-state index contributed by atoms with van der Waals surface area (Å²) in [5, 5.41) is 8.57. The molecule has 170 valence electrons. The summed E-state index contributed by atoms with van der Waals surface area (Å²) in [4.78, 5) is 0. The Morgan fingerprint density at radius 3 is 2.27 bits per heavy atom. The maximum absolute atomic E-state index is 6.44. The van der Waals surface area contributed by atoms with Crippen LogP contribution in [0.5, 0.6) is 5.75 Å². The summed E-state index contributed by atoms with van der Waals surface area (Å²) in [5.74, 6) is 1.65. The van der Waals surface area contributed by atoms with Gasteiger partial charge < -0.3 is 14.6 Å². The zero-order chi connectivity index (χ0) is 23.5. The van der Waals surface area contributed by atoms with Gasteiger partial charge >= 0.3 is 0 Å². The number of rotatable bonds is 7. The molecule has 0 saturated heterocycles. The van der Waals surface area contributed by atoms with Crippen molar-refractivity contribution in [1.29, 1.82) is 0 Å². The first kappa shape index (κ1) is 23.2. The zero-order valence-electron chi connectivity index (χ0n) is 19.1. The lowest BCUT2D eigenvalue weighted by atomic mass is 10.0. The molecule has 0 bridgehead atoms. The predicted octanol–water partition coefficient (Wildman–Crippen LogP) is 8.37. The van der Waals surface area contributed by atoms with Crippen LogP contribution in [0.1, 0.15) is 36.7 Å². The van der Waals surface area contributed by atoms with Gasteiger partial charge in [0.25, 0.3) is 0 Å². The van der Waals surface area contributed by atoms with Crippen molar-refractivity contribution in [3.05, 3.63) is 87.6 Å². The molecule has 3 aromatic carbocycles. The molecule has 0 aliphatic heterocycles. The molecule has 0 aliphatic rings. The first-order valence-electron chi connectivity index (χ1n) is 10.8. The number of halogens is 2. The highest BCUT2D eigenvalue weighted by Crippen LogP contribution is 2.39. The standard InChI is InChI=1S/C27H26Cl2N2O2/c1-16(2)27-21(26(31-33-27)25-22(28)6-5-7-23(25)29)15-32-20-12-10-18(11-13-20)19-9-8-17(3)24(14-19)30-4/h5-14,16,30H,15H2,1-4H3. The molecule has 0 spiro atoms. The van der Waals surface area contributed by atoms with Gasteiger partial charge in [-0.15, -0.1) is 0 Å². The van der Waals surface area contributed by atoms with E-state index in [4.69, 9.17) is 32.5 Å². The lowest BCUT2D eigenvalue weighted by Crippen LogP contribution is -2.01. The minimum Gasteiger partial charge on any atom is -0.489 e. The van der Waals surface area contributed by atoms with Gasteiger partial charge in [-0.05, 0) is 53.9 Å². The number of benzene rings is 3. The SMILES string of the molecule is CNc1cc(-c2ccc(OCc3c(-c4c(Cl)cccc4Cl)noc3C(C)C)cc2)ccc1C. The number of anilines is 1.